The van der Waals surface area contributed by atoms with Crippen molar-refractivity contribution in [2.45, 2.75) is 37.2 Å². The Kier molecular flexibility index (Phi) is 4.03. The first-order chi connectivity index (χ1) is 9.96. The fourth-order valence-electron chi connectivity index (χ4n) is 2.65. The normalized spacial score (nSPS) is 23.6. The van der Waals surface area contributed by atoms with Crippen LogP contribution in [0.5, 0.6) is 0 Å². The van der Waals surface area contributed by atoms with Gasteiger partial charge in [0, 0.05) is 19.7 Å². The molecule has 1 aromatic carbocycles. The number of benzene rings is 1. The highest BCUT2D eigenvalue weighted by atomic mass is 32.2. The van der Waals surface area contributed by atoms with Crippen LogP contribution in [-0.2, 0) is 14.8 Å². The highest BCUT2D eigenvalue weighted by Crippen LogP contribution is 2.31. The molecular weight excluding hydrogens is 293 g/mol. The molecule has 1 aliphatic heterocycles. The van der Waals surface area contributed by atoms with Crippen molar-refractivity contribution in [3.63, 3.8) is 0 Å². The van der Waals surface area contributed by atoms with E-state index < -0.39 is 15.8 Å². The van der Waals surface area contributed by atoms with Gasteiger partial charge in [-0.25, -0.2) is 12.8 Å². The maximum atomic E-state index is 13.1. The summed E-state index contributed by atoms with van der Waals surface area (Å²) in [6, 6.07) is 3.79. The van der Waals surface area contributed by atoms with Gasteiger partial charge in [0.25, 0.3) is 0 Å². The zero-order valence-corrected chi connectivity index (χ0v) is 12.9. The van der Waals surface area contributed by atoms with E-state index in [4.69, 9.17) is 4.74 Å². The molecule has 1 unspecified atom stereocenters. The summed E-state index contributed by atoms with van der Waals surface area (Å²) in [5.41, 5.74) is 0.442. The summed E-state index contributed by atoms with van der Waals surface area (Å²) < 4.78 is 45.6. The number of halogens is 1. The number of hydrogen-bond donors (Lipinski definition) is 0. The van der Waals surface area contributed by atoms with E-state index in [1.54, 1.807) is 6.92 Å². The van der Waals surface area contributed by atoms with Crippen LogP contribution in [0.25, 0.3) is 0 Å². The van der Waals surface area contributed by atoms with E-state index in [-0.39, 0.29) is 11.0 Å². The van der Waals surface area contributed by atoms with Crippen LogP contribution in [0.4, 0.5) is 4.39 Å². The first-order valence-corrected chi connectivity index (χ1v) is 8.79. The molecule has 21 heavy (non-hydrogen) atoms. The maximum absolute atomic E-state index is 13.1. The third-order valence-electron chi connectivity index (χ3n) is 4.13. The Balaban J connectivity index is 1.70. The Hall–Kier alpha value is -0.980. The van der Waals surface area contributed by atoms with Crippen LogP contribution in [0.1, 0.15) is 24.8 Å². The maximum Gasteiger partial charge on any atom is 0.243 e. The molecule has 1 saturated carbocycles. The lowest BCUT2D eigenvalue weighted by atomic mass is 10.2. The van der Waals surface area contributed by atoms with E-state index in [9.17, 15) is 12.8 Å². The van der Waals surface area contributed by atoms with Gasteiger partial charge in [-0.1, -0.05) is 0 Å². The van der Waals surface area contributed by atoms with Crippen molar-refractivity contribution in [1.29, 1.82) is 0 Å². The van der Waals surface area contributed by atoms with Crippen LogP contribution in [0, 0.1) is 18.7 Å². The van der Waals surface area contributed by atoms with Crippen molar-refractivity contribution in [2.75, 3.05) is 19.7 Å². The molecule has 0 bridgehead atoms. The molecule has 0 spiro atoms. The Morgan fingerprint density at radius 3 is 2.76 bits per heavy atom. The van der Waals surface area contributed by atoms with E-state index in [2.05, 4.69) is 0 Å². The van der Waals surface area contributed by atoms with Gasteiger partial charge in [0.2, 0.25) is 10.0 Å². The minimum absolute atomic E-state index is 0.0128. The molecule has 0 amide bonds. The van der Waals surface area contributed by atoms with Crippen molar-refractivity contribution in [3.8, 4) is 0 Å². The van der Waals surface area contributed by atoms with Crippen molar-refractivity contribution < 1.29 is 17.5 Å². The minimum atomic E-state index is -3.56. The van der Waals surface area contributed by atoms with Gasteiger partial charge in [-0.2, -0.15) is 4.31 Å². The van der Waals surface area contributed by atoms with E-state index in [1.165, 1.54) is 35.3 Å². The van der Waals surface area contributed by atoms with Gasteiger partial charge < -0.3 is 4.74 Å². The van der Waals surface area contributed by atoms with Gasteiger partial charge in [-0.05, 0) is 55.9 Å². The SMILES string of the molecule is Cc1cc(F)ccc1S(=O)(=O)N1CCC(OCC2CC2)C1. The van der Waals surface area contributed by atoms with E-state index in [0.29, 0.717) is 24.6 Å². The number of nitrogens with zero attached hydrogens (tertiary/aromatic N) is 1. The zero-order chi connectivity index (χ0) is 15.0. The summed E-state index contributed by atoms with van der Waals surface area (Å²) in [7, 11) is -3.56. The van der Waals surface area contributed by atoms with Crippen LogP contribution in [-0.4, -0.2) is 38.5 Å². The van der Waals surface area contributed by atoms with Gasteiger partial charge in [-0.3, -0.25) is 0 Å². The van der Waals surface area contributed by atoms with Crippen LogP contribution < -0.4 is 0 Å². The molecule has 1 atom stereocenters. The number of ether oxygens (including phenoxy) is 1. The van der Waals surface area contributed by atoms with Gasteiger partial charge in [0.15, 0.2) is 0 Å². The summed E-state index contributed by atoms with van der Waals surface area (Å²) in [4.78, 5) is 0.187. The van der Waals surface area contributed by atoms with Crippen molar-refractivity contribution in [3.05, 3.63) is 29.6 Å². The van der Waals surface area contributed by atoms with Gasteiger partial charge in [0.1, 0.15) is 5.82 Å². The predicted molar refractivity (Wildman–Crippen MR) is 77.0 cm³/mol. The lowest BCUT2D eigenvalue weighted by Gasteiger charge is -2.18. The molecule has 2 fully saturated rings. The first kappa shape index (κ1) is 14.9. The molecule has 4 nitrogen and oxygen atoms in total. The fraction of sp³-hybridized carbons (Fsp3) is 0.600. The minimum Gasteiger partial charge on any atom is -0.377 e. The number of sulfonamides is 1. The molecule has 2 aliphatic rings. The highest BCUT2D eigenvalue weighted by molar-refractivity contribution is 7.89. The summed E-state index contributed by atoms with van der Waals surface area (Å²) in [6.45, 7) is 3.22. The molecular formula is C15H20FNO3S. The van der Waals surface area contributed by atoms with Crippen molar-refractivity contribution in [2.24, 2.45) is 5.92 Å². The second-order valence-corrected chi connectivity index (χ2v) is 7.87. The largest absolute Gasteiger partial charge is 0.377 e. The van der Waals surface area contributed by atoms with Crippen molar-refractivity contribution >= 4 is 10.0 Å². The summed E-state index contributed by atoms with van der Waals surface area (Å²) in [5.74, 6) is 0.258. The Bertz CT molecular complexity index is 628. The third-order valence-corrected chi connectivity index (χ3v) is 6.15. The molecule has 3 rings (SSSR count). The lowest BCUT2D eigenvalue weighted by molar-refractivity contribution is 0.0561. The second kappa shape index (κ2) is 5.66. The quantitative estimate of drug-likeness (QED) is 0.838. The predicted octanol–water partition coefficient (Wildman–Crippen LogP) is 2.32. The average Bonchev–Trinajstić information content (AvgIpc) is 3.12. The Labute approximate surface area is 125 Å². The standard InChI is InChI=1S/C15H20FNO3S/c1-11-8-13(16)4-5-15(11)21(18,19)17-7-6-14(9-17)20-10-12-2-3-12/h4-5,8,12,14H,2-3,6-7,9-10H2,1H3. The third kappa shape index (κ3) is 3.27. The van der Waals surface area contributed by atoms with Crippen LogP contribution >= 0.6 is 0 Å². The molecule has 1 aromatic rings. The topological polar surface area (TPSA) is 46.6 Å². The number of aryl methyl sites for hydroxylation is 1. The molecule has 1 saturated heterocycles. The molecule has 1 aliphatic carbocycles. The fourth-order valence-corrected chi connectivity index (χ4v) is 4.34. The monoisotopic (exact) mass is 313 g/mol. The lowest BCUT2D eigenvalue weighted by Crippen LogP contribution is -2.31. The zero-order valence-electron chi connectivity index (χ0n) is 12.1. The summed E-state index contributed by atoms with van der Waals surface area (Å²) in [5, 5.41) is 0. The molecule has 6 heteroatoms. The van der Waals surface area contributed by atoms with E-state index in [1.807, 2.05) is 0 Å². The van der Waals surface area contributed by atoms with Gasteiger partial charge in [-0.15, -0.1) is 0 Å². The molecule has 0 radical (unpaired) electrons. The van der Waals surface area contributed by atoms with Crippen LogP contribution in [0.3, 0.4) is 0 Å². The molecule has 116 valence electrons. The van der Waals surface area contributed by atoms with E-state index >= 15 is 0 Å². The highest BCUT2D eigenvalue weighted by Gasteiger charge is 2.34. The van der Waals surface area contributed by atoms with Crippen LogP contribution in [0.15, 0.2) is 23.1 Å². The number of hydrogen-bond acceptors (Lipinski definition) is 3. The van der Waals surface area contributed by atoms with Crippen LogP contribution in [0.2, 0.25) is 0 Å². The van der Waals surface area contributed by atoms with Crippen molar-refractivity contribution in [1.82, 2.24) is 4.31 Å². The van der Waals surface area contributed by atoms with Gasteiger partial charge in [0.05, 0.1) is 11.0 Å². The Morgan fingerprint density at radius 2 is 2.10 bits per heavy atom. The smallest absolute Gasteiger partial charge is 0.243 e. The van der Waals surface area contributed by atoms with E-state index in [0.717, 1.165) is 13.0 Å². The molecule has 1 heterocycles. The van der Waals surface area contributed by atoms with Gasteiger partial charge >= 0.3 is 0 Å². The molecule has 0 N–H and O–H groups in total. The average molecular weight is 313 g/mol. The summed E-state index contributed by atoms with van der Waals surface area (Å²) >= 11 is 0. The Morgan fingerprint density at radius 1 is 1.33 bits per heavy atom. The summed E-state index contributed by atoms with van der Waals surface area (Å²) in [6.07, 6.45) is 3.17. The molecule has 0 aromatic heterocycles. The number of rotatable bonds is 5. The second-order valence-electron chi connectivity index (χ2n) is 5.96. The first-order valence-electron chi connectivity index (χ1n) is 7.35.